The van der Waals surface area contributed by atoms with Gasteiger partial charge in [-0.3, -0.25) is 0 Å². The van der Waals surface area contributed by atoms with Crippen LogP contribution >= 0.6 is 34.8 Å². The molecule has 3 aromatic rings. The van der Waals surface area contributed by atoms with Crippen LogP contribution in [0.1, 0.15) is 6.42 Å². The zero-order valence-electron chi connectivity index (χ0n) is 11.6. The minimum atomic E-state index is 0.624. The number of benzene rings is 2. The molecule has 0 radical (unpaired) electrons. The Morgan fingerprint density at radius 3 is 2.64 bits per heavy atom. The number of fused-ring (bicyclic) bond motifs is 3. The fourth-order valence-corrected chi connectivity index (χ4v) is 3.66. The van der Waals surface area contributed by atoms with Gasteiger partial charge in [-0.1, -0.05) is 40.9 Å². The molecule has 1 aromatic heterocycles. The van der Waals surface area contributed by atoms with Crippen LogP contribution in [0.25, 0.3) is 11.0 Å². The first-order chi connectivity index (χ1) is 10.6. The van der Waals surface area contributed by atoms with Gasteiger partial charge in [0.25, 0.3) is 0 Å². The molecule has 4 rings (SSSR count). The maximum Gasteiger partial charge on any atom is 0.211 e. The largest absolute Gasteiger partial charge is 0.310 e. The van der Waals surface area contributed by atoms with Gasteiger partial charge in [-0.15, -0.1) is 0 Å². The molecule has 1 aliphatic heterocycles. The number of aromatic nitrogens is 2. The van der Waals surface area contributed by atoms with E-state index in [4.69, 9.17) is 39.8 Å². The molecule has 6 heteroatoms. The molecule has 0 atom stereocenters. The predicted molar refractivity (Wildman–Crippen MR) is 92.8 cm³/mol. The van der Waals surface area contributed by atoms with Crippen molar-refractivity contribution < 1.29 is 0 Å². The van der Waals surface area contributed by atoms with Crippen LogP contribution in [0.4, 0.5) is 11.6 Å². The number of nitrogens with zero attached hydrogens (tertiary/aromatic N) is 3. The highest BCUT2D eigenvalue weighted by Crippen LogP contribution is 2.38. The van der Waals surface area contributed by atoms with Gasteiger partial charge in [0.2, 0.25) is 5.95 Å². The van der Waals surface area contributed by atoms with E-state index in [-0.39, 0.29) is 0 Å². The van der Waals surface area contributed by atoms with Crippen LogP contribution in [0.2, 0.25) is 15.1 Å². The van der Waals surface area contributed by atoms with E-state index in [1.807, 2.05) is 30.3 Å². The van der Waals surface area contributed by atoms with E-state index in [1.165, 1.54) is 0 Å². The van der Waals surface area contributed by atoms with E-state index in [1.54, 1.807) is 6.07 Å². The SMILES string of the molecule is Clc1ccc(N2CCCn3c2nc2c(Cl)cccc23)c(Cl)c1. The standard InChI is InChI=1S/C16H12Cl3N3/c17-10-5-6-13(12(19)9-10)21-7-2-8-22-14-4-1-3-11(18)15(14)20-16(21)22/h1,3-6,9H,2,7-8H2. The Kier molecular flexibility index (Phi) is 3.44. The van der Waals surface area contributed by atoms with Crippen molar-refractivity contribution in [3.8, 4) is 0 Å². The summed E-state index contributed by atoms with van der Waals surface area (Å²) in [7, 11) is 0. The van der Waals surface area contributed by atoms with Crippen LogP contribution in [0.15, 0.2) is 36.4 Å². The van der Waals surface area contributed by atoms with Gasteiger partial charge in [0, 0.05) is 18.1 Å². The molecule has 0 saturated heterocycles. The number of para-hydroxylation sites is 1. The maximum absolute atomic E-state index is 6.37. The van der Waals surface area contributed by atoms with E-state index < -0.39 is 0 Å². The maximum atomic E-state index is 6.37. The van der Waals surface area contributed by atoms with Crippen LogP contribution in [-0.4, -0.2) is 16.1 Å². The normalized spacial score (nSPS) is 14.4. The lowest BCUT2D eigenvalue weighted by Gasteiger charge is -2.29. The number of imidazole rings is 1. The molecule has 0 amide bonds. The molecule has 0 fully saturated rings. The Morgan fingerprint density at radius 1 is 0.955 bits per heavy atom. The monoisotopic (exact) mass is 351 g/mol. The Hall–Kier alpha value is -1.42. The zero-order valence-corrected chi connectivity index (χ0v) is 13.8. The highest BCUT2D eigenvalue weighted by Gasteiger charge is 2.24. The first-order valence-electron chi connectivity index (χ1n) is 7.02. The molecular weight excluding hydrogens is 341 g/mol. The van der Waals surface area contributed by atoms with Crippen LogP contribution < -0.4 is 4.90 Å². The van der Waals surface area contributed by atoms with E-state index >= 15 is 0 Å². The van der Waals surface area contributed by atoms with Crippen molar-refractivity contribution in [1.82, 2.24) is 9.55 Å². The summed E-state index contributed by atoms with van der Waals surface area (Å²) in [6.07, 6.45) is 1.02. The summed E-state index contributed by atoms with van der Waals surface area (Å²) >= 11 is 18.7. The van der Waals surface area contributed by atoms with Gasteiger partial charge in [-0.05, 0) is 36.8 Å². The number of aryl methyl sites for hydroxylation is 1. The van der Waals surface area contributed by atoms with Gasteiger partial charge in [0.1, 0.15) is 5.52 Å². The molecule has 22 heavy (non-hydrogen) atoms. The summed E-state index contributed by atoms with van der Waals surface area (Å²) in [5.74, 6) is 0.874. The van der Waals surface area contributed by atoms with Crippen molar-refractivity contribution in [2.24, 2.45) is 0 Å². The fraction of sp³-hybridized carbons (Fsp3) is 0.188. The summed E-state index contributed by atoms with van der Waals surface area (Å²) < 4.78 is 2.19. The van der Waals surface area contributed by atoms with E-state index in [0.717, 1.165) is 42.2 Å². The number of hydrogen-bond acceptors (Lipinski definition) is 2. The molecule has 0 N–H and O–H groups in total. The number of halogens is 3. The second-order valence-corrected chi connectivity index (χ2v) is 6.52. The molecule has 0 spiro atoms. The van der Waals surface area contributed by atoms with Crippen LogP contribution in [0.3, 0.4) is 0 Å². The summed E-state index contributed by atoms with van der Waals surface area (Å²) in [6, 6.07) is 11.4. The molecule has 0 saturated carbocycles. The van der Waals surface area contributed by atoms with E-state index in [2.05, 4.69) is 9.47 Å². The van der Waals surface area contributed by atoms with Crippen LogP contribution in [-0.2, 0) is 6.54 Å². The molecule has 0 aliphatic carbocycles. The molecule has 1 aliphatic rings. The van der Waals surface area contributed by atoms with Gasteiger partial charge in [-0.25, -0.2) is 4.98 Å². The van der Waals surface area contributed by atoms with Gasteiger partial charge in [0.05, 0.1) is 21.2 Å². The molecule has 0 bridgehead atoms. The van der Waals surface area contributed by atoms with Crippen molar-refractivity contribution in [3.05, 3.63) is 51.5 Å². The van der Waals surface area contributed by atoms with E-state index in [0.29, 0.717) is 15.1 Å². The third kappa shape index (κ3) is 2.16. The first-order valence-corrected chi connectivity index (χ1v) is 8.16. The highest BCUT2D eigenvalue weighted by atomic mass is 35.5. The summed E-state index contributed by atoms with van der Waals surface area (Å²) in [4.78, 5) is 6.86. The zero-order chi connectivity index (χ0) is 15.3. The molecule has 112 valence electrons. The quantitative estimate of drug-likeness (QED) is 0.573. The van der Waals surface area contributed by atoms with Crippen molar-refractivity contribution in [2.75, 3.05) is 11.4 Å². The summed E-state index contributed by atoms with van der Waals surface area (Å²) in [5, 5.41) is 1.92. The van der Waals surface area contributed by atoms with Crippen molar-refractivity contribution >= 4 is 57.5 Å². The first kappa shape index (κ1) is 14.2. The molecule has 0 unspecified atom stereocenters. The Balaban J connectivity index is 1.92. The van der Waals surface area contributed by atoms with Crippen LogP contribution in [0, 0.1) is 0 Å². The Bertz CT molecular complexity index is 872. The lowest BCUT2D eigenvalue weighted by atomic mass is 10.2. The molecular formula is C16H12Cl3N3. The van der Waals surface area contributed by atoms with Gasteiger partial charge in [0.15, 0.2) is 0 Å². The average Bonchev–Trinajstić information content (AvgIpc) is 2.88. The molecule has 3 nitrogen and oxygen atoms in total. The van der Waals surface area contributed by atoms with Crippen molar-refractivity contribution in [1.29, 1.82) is 0 Å². The topological polar surface area (TPSA) is 21.1 Å². The average molecular weight is 353 g/mol. The minimum Gasteiger partial charge on any atom is -0.310 e. The summed E-state index contributed by atoms with van der Waals surface area (Å²) in [5.41, 5.74) is 2.80. The fourth-order valence-electron chi connectivity index (χ4n) is 2.94. The van der Waals surface area contributed by atoms with Crippen LogP contribution in [0.5, 0.6) is 0 Å². The highest BCUT2D eigenvalue weighted by molar-refractivity contribution is 6.36. The van der Waals surface area contributed by atoms with E-state index in [9.17, 15) is 0 Å². The second-order valence-electron chi connectivity index (χ2n) is 5.27. The van der Waals surface area contributed by atoms with Gasteiger partial charge >= 0.3 is 0 Å². The summed E-state index contributed by atoms with van der Waals surface area (Å²) in [6.45, 7) is 1.79. The van der Waals surface area contributed by atoms with Gasteiger partial charge in [-0.2, -0.15) is 0 Å². The second kappa shape index (κ2) is 5.34. The minimum absolute atomic E-state index is 0.624. The molecule has 2 aromatic carbocycles. The Labute approximate surface area is 143 Å². The number of anilines is 2. The number of rotatable bonds is 1. The lowest BCUT2D eigenvalue weighted by Crippen LogP contribution is -2.28. The van der Waals surface area contributed by atoms with Gasteiger partial charge < -0.3 is 9.47 Å². The Morgan fingerprint density at radius 2 is 1.82 bits per heavy atom. The smallest absolute Gasteiger partial charge is 0.211 e. The van der Waals surface area contributed by atoms with Crippen molar-refractivity contribution in [3.63, 3.8) is 0 Å². The van der Waals surface area contributed by atoms with Crippen molar-refractivity contribution in [2.45, 2.75) is 13.0 Å². The predicted octanol–water partition coefficient (Wildman–Crippen LogP) is 5.54. The third-order valence-electron chi connectivity index (χ3n) is 3.91. The lowest BCUT2D eigenvalue weighted by molar-refractivity contribution is 0.604. The molecule has 2 heterocycles. The number of hydrogen-bond donors (Lipinski definition) is 0. The third-order valence-corrected chi connectivity index (χ3v) is 4.76.